The van der Waals surface area contributed by atoms with Gasteiger partial charge in [0.2, 0.25) is 0 Å². The summed E-state index contributed by atoms with van der Waals surface area (Å²) in [6, 6.07) is 8.33. The Kier molecular flexibility index (Phi) is 5.22. The molecule has 2 heteroatoms. The molecular formula is C19H26O2. The molecule has 1 fully saturated rings. The van der Waals surface area contributed by atoms with Crippen molar-refractivity contribution < 1.29 is 9.53 Å². The van der Waals surface area contributed by atoms with Gasteiger partial charge < -0.3 is 4.74 Å². The lowest BCUT2D eigenvalue weighted by atomic mass is 9.87. The molecule has 114 valence electrons. The van der Waals surface area contributed by atoms with Crippen LogP contribution >= 0.6 is 0 Å². The van der Waals surface area contributed by atoms with Crippen molar-refractivity contribution in [1.82, 2.24) is 0 Å². The number of carbonyl (C=O) groups excluding carboxylic acids is 1. The van der Waals surface area contributed by atoms with E-state index in [1.54, 1.807) is 6.08 Å². The van der Waals surface area contributed by atoms with Crippen molar-refractivity contribution in [3.63, 3.8) is 0 Å². The van der Waals surface area contributed by atoms with Gasteiger partial charge in [-0.25, -0.2) is 4.79 Å². The number of rotatable bonds is 3. The summed E-state index contributed by atoms with van der Waals surface area (Å²) in [5.41, 5.74) is 2.48. The largest absolute Gasteiger partial charge is 0.459 e. The summed E-state index contributed by atoms with van der Waals surface area (Å²) in [6.07, 6.45) is 9.15. The first kappa shape index (κ1) is 15.8. The molecule has 0 spiro atoms. The van der Waals surface area contributed by atoms with Crippen molar-refractivity contribution in [2.45, 2.75) is 64.4 Å². The second-order valence-electron chi connectivity index (χ2n) is 6.90. The van der Waals surface area contributed by atoms with E-state index in [4.69, 9.17) is 4.74 Å². The van der Waals surface area contributed by atoms with Crippen LogP contribution in [0.1, 0.15) is 64.0 Å². The lowest BCUT2D eigenvalue weighted by Gasteiger charge is -2.21. The molecule has 0 saturated heterocycles. The fourth-order valence-corrected chi connectivity index (χ4v) is 2.65. The van der Waals surface area contributed by atoms with Gasteiger partial charge in [0.25, 0.3) is 0 Å². The Balaban J connectivity index is 1.89. The van der Waals surface area contributed by atoms with Gasteiger partial charge in [0, 0.05) is 6.08 Å². The zero-order valence-corrected chi connectivity index (χ0v) is 13.4. The molecule has 0 unspecified atom stereocenters. The van der Waals surface area contributed by atoms with Gasteiger partial charge in [-0.1, -0.05) is 51.5 Å². The SMILES string of the molecule is CC(C)(C)c1ccc(/C=C/C(=O)OC2CCCCC2)cc1. The van der Waals surface area contributed by atoms with Crippen LogP contribution in [0.2, 0.25) is 0 Å². The first-order chi connectivity index (χ1) is 9.95. The quantitative estimate of drug-likeness (QED) is 0.585. The van der Waals surface area contributed by atoms with Crippen LogP contribution in [-0.4, -0.2) is 12.1 Å². The maximum absolute atomic E-state index is 11.8. The third-order valence-electron chi connectivity index (χ3n) is 4.02. The first-order valence-corrected chi connectivity index (χ1v) is 7.94. The Bertz CT molecular complexity index is 485. The molecule has 0 N–H and O–H groups in total. The molecule has 1 aromatic carbocycles. The highest BCUT2D eigenvalue weighted by atomic mass is 16.5. The summed E-state index contributed by atoms with van der Waals surface area (Å²) in [5.74, 6) is -0.221. The number of hydrogen-bond donors (Lipinski definition) is 0. The summed E-state index contributed by atoms with van der Waals surface area (Å²) < 4.78 is 5.47. The highest BCUT2D eigenvalue weighted by Crippen LogP contribution is 2.23. The average molecular weight is 286 g/mol. The maximum atomic E-state index is 11.8. The van der Waals surface area contributed by atoms with E-state index < -0.39 is 0 Å². The van der Waals surface area contributed by atoms with Crippen LogP contribution < -0.4 is 0 Å². The van der Waals surface area contributed by atoms with Crippen LogP contribution in [0.5, 0.6) is 0 Å². The number of ether oxygens (including phenoxy) is 1. The van der Waals surface area contributed by atoms with E-state index in [-0.39, 0.29) is 17.5 Å². The monoisotopic (exact) mass is 286 g/mol. The molecule has 1 aromatic rings. The van der Waals surface area contributed by atoms with Gasteiger partial charge in [0.05, 0.1) is 0 Å². The third-order valence-corrected chi connectivity index (χ3v) is 4.02. The van der Waals surface area contributed by atoms with Crippen molar-refractivity contribution in [3.05, 3.63) is 41.5 Å². The van der Waals surface area contributed by atoms with E-state index in [1.807, 2.05) is 18.2 Å². The standard InChI is InChI=1S/C19H26O2/c1-19(2,3)16-12-9-15(10-13-16)11-14-18(20)21-17-7-5-4-6-8-17/h9-14,17H,4-8H2,1-3H3/b14-11+. The molecule has 0 radical (unpaired) electrons. The van der Waals surface area contributed by atoms with Gasteiger partial charge in [-0.05, 0) is 48.3 Å². The Morgan fingerprint density at radius 3 is 2.29 bits per heavy atom. The first-order valence-electron chi connectivity index (χ1n) is 7.94. The van der Waals surface area contributed by atoms with E-state index in [2.05, 4.69) is 32.9 Å². The van der Waals surface area contributed by atoms with Crippen LogP contribution in [0.25, 0.3) is 6.08 Å². The molecule has 1 saturated carbocycles. The minimum Gasteiger partial charge on any atom is -0.459 e. The van der Waals surface area contributed by atoms with Gasteiger partial charge in [0.15, 0.2) is 0 Å². The van der Waals surface area contributed by atoms with Crippen molar-refractivity contribution in [1.29, 1.82) is 0 Å². The van der Waals surface area contributed by atoms with Crippen molar-refractivity contribution in [2.24, 2.45) is 0 Å². The predicted molar refractivity (Wildman–Crippen MR) is 87.1 cm³/mol. The number of carbonyl (C=O) groups is 1. The minimum absolute atomic E-state index is 0.124. The van der Waals surface area contributed by atoms with E-state index in [0.29, 0.717) is 0 Å². The van der Waals surface area contributed by atoms with Gasteiger partial charge >= 0.3 is 5.97 Å². The molecule has 0 aliphatic heterocycles. The molecule has 1 aliphatic carbocycles. The van der Waals surface area contributed by atoms with Crippen LogP contribution in [-0.2, 0) is 14.9 Å². The van der Waals surface area contributed by atoms with Crippen molar-refractivity contribution in [3.8, 4) is 0 Å². The molecule has 0 atom stereocenters. The van der Waals surface area contributed by atoms with Gasteiger partial charge in [-0.3, -0.25) is 0 Å². The van der Waals surface area contributed by atoms with E-state index in [0.717, 1.165) is 18.4 Å². The van der Waals surface area contributed by atoms with Crippen LogP contribution in [0.3, 0.4) is 0 Å². The van der Waals surface area contributed by atoms with Gasteiger partial charge in [-0.2, -0.15) is 0 Å². The van der Waals surface area contributed by atoms with Crippen LogP contribution in [0.4, 0.5) is 0 Å². The smallest absolute Gasteiger partial charge is 0.331 e. The normalized spacial score (nSPS) is 17.1. The lowest BCUT2D eigenvalue weighted by Crippen LogP contribution is -2.19. The fraction of sp³-hybridized carbons (Fsp3) is 0.526. The van der Waals surface area contributed by atoms with Gasteiger partial charge in [0.1, 0.15) is 6.10 Å². The summed E-state index contributed by atoms with van der Waals surface area (Å²) in [6.45, 7) is 6.58. The molecule has 0 amide bonds. The minimum atomic E-state index is -0.221. The zero-order valence-electron chi connectivity index (χ0n) is 13.4. The summed E-state index contributed by atoms with van der Waals surface area (Å²) >= 11 is 0. The Hall–Kier alpha value is -1.57. The predicted octanol–water partition coefficient (Wildman–Crippen LogP) is 4.87. The topological polar surface area (TPSA) is 26.3 Å². The zero-order chi connectivity index (χ0) is 15.3. The molecular weight excluding hydrogens is 260 g/mol. The Morgan fingerprint density at radius 1 is 1.10 bits per heavy atom. The lowest BCUT2D eigenvalue weighted by molar-refractivity contribution is -0.144. The molecule has 2 nitrogen and oxygen atoms in total. The van der Waals surface area contributed by atoms with Crippen LogP contribution in [0, 0.1) is 0 Å². The fourth-order valence-electron chi connectivity index (χ4n) is 2.65. The number of hydrogen-bond acceptors (Lipinski definition) is 2. The average Bonchev–Trinajstić information content (AvgIpc) is 2.46. The summed E-state index contributed by atoms with van der Waals surface area (Å²) in [4.78, 5) is 11.8. The summed E-state index contributed by atoms with van der Waals surface area (Å²) in [7, 11) is 0. The third kappa shape index (κ3) is 5.04. The van der Waals surface area contributed by atoms with Gasteiger partial charge in [-0.15, -0.1) is 0 Å². The molecule has 0 bridgehead atoms. The Morgan fingerprint density at radius 2 is 1.71 bits per heavy atom. The Labute approximate surface area is 128 Å². The molecule has 1 aliphatic rings. The molecule has 0 heterocycles. The highest BCUT2D eigenvalue weighted by Gasteiger charge is 2.16. The van der Waals surface area contributed by atoms with E-state index in [9.17, 15) is 4.79 Å². The maximum Gasteiger partial charge on any atom is 0.331 e. The van der Waals surface area contributed by atoms with Crippen molar-refractivity contribution in [2.75, 3.05) is 0 Å². The summed E-state index contributed by atoms with van der Waals surface area (Å²) in [5, 5.41) is 0. The number of benzene rings is 1. The second-order valence-corrected chi connectivity index (χ2v) is 6.90. The second kappa shape index (κ2) is 6.93. The molecule has 0 aromatic heterocycles. The number of esters is 1. The van der Waals surface area contributed by atoms with Crippen molar-refractivity contribution >= 4 is 12.0 Å². The van der Waals surface area contributed by atoms with Crippen LogP contribution in [0.15, 0.2) is 30.3 Å². The molecule has 2 rings (SSSR count). The van der Waals surface area contributed by atoms with E-state index >= 15 is 0 Å². The highest BCUT2D eigenvalue weighted by molar-refractivity contribution is 5.87. The van der Waals surface area contributed by atoms with E-state index in [1.165, 1.54) is 24.8 Å². The molecule has 21 heavy (non-hydrogen) atoms.